The number of hydrogen-bond donors (Lipinski definition) is 1. The van der Waals surface area contributed by atoms with E-state index in [-0.39, 0.29) is 5.91 Å². The van der Waals surface area contributed by atoms with Gasteiger partial charge < -0.3 is 14.5 Å². The molecule has 1 fully saturated rings. The zero-order valence-electron chi connectivity index (χ0n) is 11.2. The first-order valence-electron chi connectivity index (χ1n) is 6.66. The van der Waals surface area contributed by atoms with Crippen molar-refractivity contribution in [3.63, 3.8) is 0 Å². The molecule has 1 aromatic heterocycles. The summed E-state index contributed by atoms with van der Waals surface area (Å²) in [5, 5.41) is 3.88. The van der Waals surface area contributed by atoms with E-state index >= 15 is 0 Å². The Labute approximate surface area is 111 Å². The van der Waals surface area contributed by atoms with E-state index in [0.717, 1.165) is 35.1 Å². The summed E-state index contributed by atoms with van der Waals surface area (Å²) in [5.74, 6) is 1.10. The van der Waals surface area contributed by atoms with Gasteiger partial charge in [-0.25, -0.2) is 0 Å². The highest BCUT2D eigenvalue weighted by molar-refractivity contribution is 5.99. The summed E-state index contributed by atoms with van der Waals surface area (Å²) in [6, 6.07) is 5.96. The molecule has 4 heteroatoms. The fourth-order valence-electron chi connectivity index (χ4n) is 2.15. The third-order valence-corrected chi connectivity index (χ3v) is 3.34. The molecule has 0 spiro atoms. The zero-order chi connectivity index (χ0) is 13.4. The molecular weight excluding hydrogens is 242 g/mol. The minimum absolute atomic E-state index is 0.117. The first kappa shape index (κ1) is 12.1. The van der Waals surface area contributed by atoms with Gasteiger partial charge in [-0.3, -0.25) is 4.79 Å². The second-order valence-corrected chi connectivity index (χ2v) is 4.89. The van der Waals surface area contributed by atoms with Crippen LogP contribution in [0.15, 0.2) is 22.6 Å². The minimum Gasteiger partial charge on any atom is -0.494 e. The number of amides is 1. The summed E-state index contributed by atoms with van der Waals surface area (Å²) in [6.07, 6.45) is 2.14. The molecule has 0 atom stereocenters. The molecule has 1 amide bonds. The summed E-state index contributed by atoms with van der Waals surface area (Å²) in [6.45, 7) is 4.47. The molecule has 0 bridgehead atoms. The van der Waals surface area contributed by atoms with Gasteiger partial charge in [-0.05, 0) is 44.9 Å². The van der Waals surface area contributed by atoms with Gasteiger partial charge in [0, 0.05) is 17.0 Å². The van der Waals surface area contributed by atoms with Crippen LogP contribution in [0.3, 0.4) is 0 Å². The van der Waals surface area contributed by atoms with Crippen molar-refractivity contribution in [1.82, 2.24) is 5.32 Å². The SMILES string of the molecule is CCOc1ccc2oc(C(=O)NC3CC3)c(C)c2c1. The molecule has 4 nitrogen and oxygen atoms in total. The van der Waals surface area contributed by atoms with Crippen molar-refractivity contribution in [2.24, 2.45) is 0 Å². The van der Waals surface area contributed by atoms with Gasteiger partial charge in [0.25, 0.3) is 5.91 Å². The maximum atomic E-state index is 12.1. The van der Waals surface area contributed by atoms with Crippen molar-refractivity contribution in [2.45, 2.75) is 32.7 Å². The molecule has 19 heavy (non-hydrogen) atoms. The number of carbonyl (C=O) groups excluding carboxylic acids is 1. The Kier molecular flexibility index (Phi) is 2.93. The fraction of sp³-hybridized carbons (Fsp3) is 0.400. The number of ether oxygens (including phenoxy) is 1. The number of carbonyl (C=O) groups is 1. The minimum atomic E-state index is -0.117. The number of nitrogens with one attached hydrogen (secondary N) is 1. The third-order valence-electron chi connectivity index (χ3n) is 3.34. The average molecular weight is 259 g/mol. The molecule has 100 valence electrons. The number of aryl methyl sites for hydroxylation is 1. The fourth-order valence-corrected chi connectivity index (χ4v) is 2.15. The van der Waals surface area contributed by atoms with Crippen LogP contribution < -0.4 is 10.1 Å². The highest BCUT2D eigenvalue weighted by Crippen LogP contribution is 2.29. The van der Waals surface area contributed by atoms with Crippen LogP contribution in [0.2, 0.25) is 0 Å². The third kappa shape index (κ3) is 2.30. The van der Waals surface area contributed by atoms with Gasteiger partial charge in [0.15, 0.2) is 5.76 Å². The van der Waals surface area contributed by atoms with Crippen LogP contribution in [-0.2, 0) is 0 Å². The Morgan fingerprint density at radius 3 is 2.95 bits per heavy atom. The van der Waals surface area contributed by atoms with E-state index < -0.39 is 0 Å². The molecule has 3 rings (SSSR count). The molecule has 0 saturated heterocycles. The lowest BCUT2D eigenvalue weighted by Gasteiger charge is -2.01. The predicted octanol–water partition coefficient (Wildman–Crippen LogP) is 3.03. The predicted molar refractivity (Wildman–Crippen MR) is 72.6 cm³/mol. The van der Waals surface area contributed by atoms with Gasteiger partial charge in [0.1, 0.15) is 11.3 Å². The van der Waals surface area contributed by atoms with Crippen molar-refractivity contribution in [2.75, 3.05) is 6.61 Å². The number of furan rings is 1. The molecule has 0 aliphatic heterocycles. The first-order chi connectivity index (χ1) is 9.19. The van der Waals surface area contributed by atoms with Gasteiger partial charge in [-0.2, -0.15) is 0 Å². The zero-order valence-corrected chi connectivity index (χ0v) is 11.2. The Hall–Kier alpha value is -1.97. The quantitative estimate of drug-likeness (QED) is 0.918. The molecule has 1 heterocycles. The lowest BCUT2D eigenvalue weighted by Crippen LogP contribution is -2.25. The maximum absolute atomic E-state index is 12.1. The second-order valence-electron chi connectivity index (χ2n) is 4.89. The number of hydrogen-bond acceptors (Lipinski definition) is 3. The van der Waals surface area contributed by atoms with Gasteiger partial charge in [0.05, 0.1) is 6.61 Å². The lowest BCUT2D eigenvalue weighted by molar-refractivity contribution is 0.0924. The van der Waals surface area contributed by atoms with Crippen LogP contribution >= 0.6 is 0 Å². The van der Waals surface area contributed by atoms with Crippen molar-refractivity contribution < 1.29 is 13.9 Å². The Balaban J connectivity index is 1.96. The summed E-state index contributed by atoms with van der Waals surface area (Å²) in [7, 11) is 0. The Bertz CT molecular complexity index is 626. The van der Waals surface area contributed by atoms with Crippen molar-refractivity contribution in [1.29, 1.82) is 0 Å². The molecule has 2 aromatic rings. The molecule has 1 saturated carbocycles. The van der Waals surface area contributed by atoms with E-state index in [1.165, 1.54) is 0 Å². The van der Waals surface area contributed by atoms with Crippen LogP contribution in [0.25, 0.3) is 11.0 Å². The van der Waals surface area contributed by atoms with E-state index in [9.17, 15) is 4.79 Å². The van der Waals surface area contributed by atoms with Crippen LogP contribution in [0.4, 0.5) is 0 Å². The topological polar surface area (TPSA) is 51.5 Å². The van der Waals surface area contributed by atoms with Crippen LogP contribution in [-0.4, -0.2) is 18.6 Å². The highest BCUT2D eigenvalue weighted by Gasteiger charge is 2.26. The van der Waals surface area contributed by atoms with Gasteiger partial charge >= 0.3 is 0 Å². The molecule has 0 radical (unpaired) electrons. The van der Waals surface area contributed by atoms with Crippen LogP contribution in [0, 0.1) is 6.92 Å². The molecular formula is C15H17NO3. The van der Waals surface area contributed by atoms with E-state index in [2.05, 4.69) is 5.32 Å². The van der Waals surface area contributed by atoms with Gasteiger partial charge in [0.2, 0.25) is 0 Å². The molecule has 1 N–H and O–H groups in total. The van der Waals surface area contributed by atoms with Crippen LogP contribution in [0.1, 0.15) is 35.9 Å². The molecule has 0 unspecified atom stereocenters. The average Bonchev–Trinajstić information content (AvgIpc) is 3.14. The molecule has 1 aliphatic rings. The molecule has 1 aliphatic carbocycles. The normalized spacial score (nSPS) is 14.6. The highest BCUT2D eigenvalue weighted by atomic mass is 16.5. The maximum Gasteiger partial charge on any atom is 0.287 e. The second kappa shape index (κ2) is 4.61. The molecule has 1 aromatic carbocycles. The lowest BCUT2D eigenvalue weighted by atomic mass is 10.1. The standard InChI is InChI=1S/C15H17NO3/c1-3-18-11-6-7-13-12(8-11)9(2)14(19-13)15(17)16-10-4-5-10/h6-8,10H,3-5H2,1-2H3,(H,16,17). The van der Waals surface area contributed by atoms with Crippen LogP contribution in [0.5, 0.6) is 5.75 Å². The largest absolute Gasteiger partial charge is 0.494 e. The van der Waals surface area contributed by atoms with E-state index in [1.807, 2.05) is 32.0 Å². The summed E-state index contributed by atoms with van der Waals surface area (Å²) in [5.41, 5.74) is 1.59. The first-order valence-corrected chi connectivity index (χ1v) is 6.66. The van der Waals surface area contributed by atoms with Crippen molar-refractivity contribution in [3.8, 4) is 5.75 Å². The smallest absolute Gasteiger partial charge is 0.287 e. The van der Waals surface area contributed by atoms with Gasteiger partial charge in [-0.1, -0.05) is 0 Å². The number of benzene rings is 1. The summed E-state index contributed by atoms with van der Waals surface area (Å²) < 4.78 is 11.1. The number of fused-ring (bicyclic) bond motifs is 1. The van der Waals surface area contributed by atoms with Gasteiger partial charge in [-0.15, -0.1) is 0 Å². The number of rotatable bonds is 4. The van der Waals surface area contributed by atoms with E-state index in [0.29, 0.717) is 18.4 Å². The van der Waals surface area contributed by atoms with Crippen molar-refractivity contribution in [3.05, 3.63) is 29.5 Å². The van der Waals surface area contributed by atoms with E-state index in [4.69, 9.17) is 9.15 Å². The monoisotopic (exact) mass is 259 g/mol. The van der Waals surface area contributed by atoms with Crippen molar-refractivity contribution >= 4 is 16.9 Å². The Morgan fingerprint density at radius 2 is 2.26 bits per heavy atom. The summed E-state index contributed by atoms with van der Waals surface area (Å²) >= 11 is 0. The summed E-state index contributed by atoms with van der Waals surface area (Å²) in [4.78, 5) is 12.1. The Morgan fingerprint density at radius 1 is 1.47 bits per heavy atom. The van der Waals surface area contributed by atoms with E-state index in [1.54, 1.807) is 0 Å².